The van der Waals surface area contributed by atoms with E-state index >= 15 is 0 Å². The van der Waals surface area contributed by atoms with Gasteiger partial charge in [-0.3, -0.25) is 4.79 Å². The van der Waals surface area contributed by atoms with Gasteiger partial charge in [-0.2, -0.15) is 4.98 Å². The van der Waals surface area contributed by atoms with Crippen molar-refractivity contribution < 1.29 is 9.32 Å². The lowest BCUT2D eigenvalue weighted by Crippen LogP contribution is -2.35. The van der Waals surface area contributed by atoms with Gasteiger partial charge in [-0.05, 0) is 30.9 Å². The van der Waals surface area contributed by atoms with Crippen LogP contribution < -0.4 is 0 Å². The first kappa shape index (κ1) is 14.0. The van der Waals surface area contributed by atoms with E-state index in [1.54, 1.807) is 4.90 Å². The molecule has 0 spiro atoms. The van der Waals surface area contributed by atoms with Crippen LogP contribution in [0.4, 0.5) is 0 Å². The number of aromatic nitrogens is 3. The van der Waals surface area contributed by atoms with Crippen LogP contribution in [0.1, 0.15) is 41.3 Å². The first-order chi connectivity index (χ1) is 11.3. The topological polar surface area (TPSA) is 75.0 Å². The van der Waals surface area contributed by atoms with E-state index in [2.05, 4.69) is 21.2 Å². The van der Waals surface area contributed by atoms with Crippen molar-refractivity contribution >= 4 is 16.8 Å². The lowest BCUT2D eigenvalue weighted by Gasteiger charge is -2.24. The van der Waals surface area contributed by atoms with E-state index < -0.39 is 0 Å². The van der Waals surface area contributed by atoms with Crippen LogP contribution in [-0.4, -0.2) is 39.0 Å². The van der Waals surface area contributed by atoms with Gasteiger partial charge >= 0.3 is 11.8 Å². The molecule has 0 unspecified atom stereocenters. The number of fused-ring (bicyclic) bond motifs is 1. The number of carbonyl (C=O) groups is 1. The van der Waals surface area contributed by atoms with E-state index in [4.69, 9.17) is 4.52 Å². The highest BCUT2D eigenvalue weighted by Crippen LogP contribution is 2.20. The first-order valence-corrected chi connectivity index (χ1v) is 7.98. The molecule has 0 radical (unpaired) electrons. The highest BCUT2D eigenvalue weighted by molar-refractivity contribution is 5.89. The third kappa shape index (κ3) is 2.72. The number of likely N-dealkylation sites (tertiary alicyclic amines) is 1. The number of aromatic amines is 1. The number of carbonyl (C=O) groups excluding carboxylic acids is 1. The van der Waals surface area contributed by atoms with Gasteiger partial charge in [0, 0.05) is 36.6 Å². The van der Waals surface area contributed by atoms with Gasteiger partial charge in [0.1, 0.15) is 0 Å². The summed E-state index contributed by atoms with van der Waals surface area (Å²) in [6, 6.07) is 8.08. The molecule has 1 aliphatic heterocycles. The monoisotopic (exact) mass is 310 g/mol. The number of para-hydroxylation sites is 1. The number of rotatable bonds is 3. The minimum absolute atomic E-state index is 0.0988. The normalized spacial score (nSPS) is 15.2. The van der Waals surface area contributed by atoms with Crippen LogP contribution in [0.2, 0.25) is 0 Å². The van der Waals surface area contributed by atoms with Gasteiger partial charge in [0.25, 0.3) is 0 Å². The number of amides is 1. The smallest absolute Gasteiger partial charge is 0.316 e. The van der Waals surface area contributed by atoms with Gasteiger partial charge in [0.2, 0.25) is 0 Å². The van der Waals surface area contributed by atoms with Crippen LogP contribution in [0, 0.1) is 0 Å². The summed E-state index contributed by atoms with van der Waals surface area (Å²) in [5.74, 6) is 0.485. The maximum absolute atomic E-state index is 12.4. The summed E-state index contributed by atoms with van der Waals surface area (Å²) >= 11 is 0. The zero-order valence-electron chi connectivity index (χ0n) is 12.8. The molecule has 0 bridgehead atoms. The Kier molecular flexibility index (Phi) is 3.57. The molecule has 0 saturated carbocycles. The van der Waals surface area contributed by atoms with Crippen molar-refractivity contribution in [2.45, 2.75) is 25.7 Å². The average Bonchev–Trinajstić information content (AvgIpc) is 3.23. The maximum atomic E-state index is 12.4. The summed E-state index contributed by atoms with van der Waals surface area (Å²) in [7, 11) is 0. The molecule has 1 fully saturated rings. The second-order valence-electron chi connectivity index (χ2n) is 5.90. The summed E-state index contributed by atoms with van der Waals surface area (Å²) in [6.45, 7) is 1.55. The molecule has 1 amide bonds. The van der Waals surface area contributed by atoms with Crippen LogP contribution in [0.25, 0.3) is 10.9 Å². The molecule has 6 heteroatoms. The lowest BCUT2D eigenvalue weighted by atomic mass is 10.1. The van der Waals surface area contributed by atoms with E-state index in [1.807, 2.05) is 24.4 Å². The third-order valence-electron chi connectivity index (χ3n) is 4.32. The minimum Gasteiger partial charge on any atom is -0.361 e. The predicted octanol–water partition coefficient (Wildman–Crippen LogP) is 2.77. The van der Waals surface area contributed by atoms with Crippen molar-refractivity contribution in [2.75, 3.05) is 13.1 Å². The molecule has 1 saturated heterocycles. The highest BCUT2D eigenvalue weighted by atomic mass is 16.5. The molecule has 1 aromatic carbocycles. The number of nitrogens with zero attached hydrogens (tertiary/aromatic N) is 3. The van der Waals surface area contributed by atoms with Gasteiger partial charge in [0.15, 0.2) is 5.82 Å². The lowest BCUT2D eigenvalue weighted by molar-refractivity contribution is 0.0674. The van der Waals surface area contributed by atoms with E-state index in [1.165, 1.54) is 6.42 Å². The van der Waals surface area contributed by atoms with Gasteiger partial charge < -0.3 is 14.4 Å². The van der Waals surface area contributed by atoms with Crippen molar-refractivity contribution in [1.82, 2.24) is 20.0 Å². The molecule has 1 aliphatic rings. The maximum Gasteiger partial charge on any atom is 0.316 e. The Labute approximate surface area is 133 Å². The van der Waals surface area contributed by atoms with Crippen LogP contribution >= 0.6 is 0 Å². The molecule has 6 nitrogen and oxygen atoms in total. The molecule has 23 heavy (non-hydrogen) atoms. The van der Waals surface area contributed by atoms with E-state index in [0.717, 1.165) is 42.4 Å². The van der Waals surface area contributed by atoms with Crippen molar-refractivity contribution in [3.05, 3.63) is 47.7 Å². The number of hydrogen-bond donors (Lipinski definition) is 1. The Hall–Kier alpha value is -2.63. The Bertz CT molecular complexity index is 830. The Morgan fingerprint density at radius 3 is 2.91 bits per heavy atom. The summed E-state index contributed by atoms with van der Waals surface area (Å²) in [5.41, 5.74) is 2.17. The Balaban J connectivity index is 1.52. The second-order valence-corrected chi connectivity index (χ2v) is 5.90. The molecule has 118 valence electrons. The zero-order chi connectivity index (χ0) is 15.6. The Morgan fingerprint density at radius 1 is 1.22 bits per heavy atom. The molecular weight excluding hydrogens is 292 g/mol. The average molecular weight is 310 g/mol. The fourth-order valence-electron chi connectivity index (χ4n) is 3.09. The summed E-state index contributed by atoms with van der Waals surface area (Å²) in [5, 5.41) is 5.11. The van der Waals surface area contributed by atoms with Gasteiger partial charge in [-0.15, -0.1) is 0 Å². The standard InChI is InChI=1S/C17H18N4O2/c22-17(21-8-4-1-5-9-21)16-19-15(20-23-16)10-12-11-18-14-7-3-2-6-13(12)14/h2-3,6-7,11,18H,1,4-5,8-10H2. The summed E-state index contributed by atoms with van der Waals surface area (Å²) < 4.78 is 5.18. The van der Waals surface area contributed by atoms with Crippen molar-refractivity contribution in [1.29, 1.82) is 0 Å². The summed E-state index contributed by atoms with van der Waals surface area (Å²) in [6.07, 6.45) is 5.76. The third-order valence-corrected chi connectivity index (χ3v) is 4.32. The van der Waals surface area contributed by atoms with Crippen molar-refractivity contribution in [3.8, 4) is 0 Å². The molecule has 0 aliphatic carbocycles. The van der Waals surface area contributed by atoms with E-state index in [9.17, 15) is 4.79 Å². The van der Waals surface area contributed by atoms with E-state index in [0.29, 0.717) is 12.2 Å². The van der Waals surface area contributed by atoms with Gasteiger partial charge in [-0.1, -0.05) is 23.4 Å². The number of piperidine rings is 1. The number of hydrogen-bond acceptors (Lipinski definition) is 4. The SMILES string of the molecule is O=C(c1nc(Cc2c[nH]c3ccccc23)no1)N1CCCCC1. The molecule has 2 aromatic heterocycles. The fourth-order valence-corrected chi connectivity index (χ4v) is 3.09. The molecule has 4 rings (SSSR count). The number of H-pyrrole nitrogens is 1. The van der Waals surface area contributed by atoms with E-state index in [-0.39, 0.29) is 11.8 Å². The van der Waals surface area contributed by atoms with Crippen molar-refractivity contribution in [3.63, 3.8) is 0 Å². The van der Waals surface area contributed by atoms with Crippen molar-refractivity contribution in [2.24, 2.45) is 0 Å². The summed E-state index contributed by atoms with van der Waals surface area (Å²) in [4.78, 5) is 21.7. The zero-order valence-corrected chi connectivity index (χ0v) is 12.8. The molecule has 3 heterocycles. The van der Waals surface area contributed by atoms with Gasteiger partial charge in [-0.25, -0.2) is 0 Å². The van der Waals surface area contributed by atoms with Gasteiger partial charge in [0.05, 0.1) is 0 Å². The highest BCUT2D eigenvalue weighted by Gasteiger charge is 2.23. The molecule has 3 aromatic rings. The Morgan fingerprint density at radius 2 is 2.04 bits per heavy atom. The molecule has 0 atom stereocenters. The predicted molar refractivity (Wildman–Crippen MR) is 85.2 cm³/mol. The quantitative estimate of drug-likeness (QED) is 0.807. The van der Waals surface area contributed by atoms with Crippen LogP contribution in [0.15, 0.2) is 35.0 Å². The van der Waals surface area contributed by atoms with Crippen LogP contribution in [0.3, 0.4) is 0 Å². The number of nitrogens with one attached hydrogen (secondary N) is 1. The van der Waals surface area contributed by atoms with Crippen LogP contribution in [-0.2, 0) is 6.42 Å². The first-order valence-electron chi connectivity index (χ1n) is 7.98. The second kappa shape index (κ2) is 5.87. The minimum atomic E-state index is -0.151. The van der Waals surface area contributed by atoms with Crippen LogP contribution in [0.5, 0.6) is 0 Å². The molecular formula is C17H18N4O2. The number of benzene rings is 1. The fraction of sp³-hybridized carbons (Fsp3) is 0.353. The largest absolute Gasteiger partial charge is 0.361 e. The molecule has 1 N–H and O–H groups in total.